The van der Waals surface area contributed by atoms with E-state index in [-0.39, 0.29) is 24.1 Å². The molecule has 5 rings (SSSR count). The van der Waals surface area contributed by atoms with Crippen molar-refractivity contribution in [3.63, 3.8) is 0 Å². The molecule has 0 bridgehead atoms. The number of carbonyl (C=O) groups excluding carboxylic acids is 1. The lowest BCUT2D eigenvalue weighted by Crippen LogP contribution is -2.28. The zero-order valence-corrected chi connectivity index (χ0v) is 16.9. The minimum atomic E-state index is -0.314. The number of furan rings is 1. The second-order valence-corrected chi connectivity index (χ2v) is 8.01. The summed E-state index contributed by atoms with van der Waals surface area (Å²) in [6.07, 6.45) is 4.24. The molecule has 1 aromatic carbocycles. The highest BCUT2D eigenvalue weighted by molar-refractivity contribution is 8.00. The molecule has 0 saturated carbocycles. The largest absolute Gasteiger partial charge is 0.467 e. The Morgan fingerprint density at radius 1 is 1.20 bits per heavy atom. The summed E-state index contributed by atoms with van der Waals surface area (Å²) in [4.78, 5) is 29.3. The first-order valence-corrected chi connectivity index (χ1v) is 10.6. The summed E-state index contributed by atoms with van der Waals surface area (Å²) in [5.41, 5.74) is 2.37. The molecule has 9 heteroatoms. The molecule has 3 heterocycles. The van der Waals surface area contributed by atoms with Crippen molar-refractivity contribution in [1.29, 1.82) is 0 Å². The summed E-state index contributed by atoms with van der Waals surface area (Å²) in [5, 5.41) is 3.49. The van der Waals surface area contributed by atoms with Gasteiger partial charge in [-0.15, -0.1) is 0 Å². The molecule has 0 unspecified atom stereocenters. The second-order valence-electron chi connectivity index (χ2n) is 7.05. The second kappa shape index (κ2) is 7.91. The number of anilines is 1. The van der Waals surface area contributed by atoms with Gasteiger partial charge in [0, 0.05) is 23.0 Å². The van der Waals surface area contributed by atoms with Gasteiger partial charge in [-0.2, -0.15) is 4.98 Å². The van der Waals surface area contributed by atoms with Crippen LogP contribution in [0.4, 0.5) is 5.69 Å². The molecule has 0 saturated heterocycles. The van der Waals surface area contributed by atoms with Crippen LogP contribution in [0.5, 0.6) is 11.5 Å². The number of carbonyl (C=O) groups is 1. The normalized spacial score (nSPS) is 14.0. The summed E-state index contributed by atoms with van der Waals surface area (Å²) in [5.74, 6) is 1.98. The van der Waals surface area contributed by atoms with Crippen LogP contribution in [0.15, 0.2) is 50.8 Å². The molecule has 0 radical (unpaired) electrons. The van der Waals surface area contributed by atoms with Crippen LogP contribution in [0.25, 0.3) is 0 Å². The van der Waals surface area contributed by atoms with Gasteiger partial charge in [0.15, 0.2) is 11.5 Å². The first kappa shape index (κ1) is 18.8. The molecule has 0 atom stereocenters. The molecule has 1 N–H and O–H groups in total. The number of nitrogens with zero attached hydrogens (tertiary/aromatic N) is 2. The third-order valence-electron chi connectivity index (χ3n) is 5.09. The molecule has 0 spiro atoms. The number of fused-ring (bicyclic) bond motifs is 2. The summed E-state index contributed by atoms with van der Waals surface area (Å²) in [7, 11) is 0. The number of aromatic nitrogens is 2. The zero-order valence-electron chi connectivity index (χ0n) is 16.1. The van der Waals surface area contributed by atoms with E-state index in [0.29, 0.717) is 28.8 Å². The predicted octanol–water partition coefficient (Wildman–Crippen LogP) is 2.83. The minimum Gasteiger partial charge on any atom is -0.467 e. The monoisotopic (exact) mass is 425 g/mol. The van der Waals surface area contributed by atoms with Crippen molar-refractivity contribution in [1.82, 2.24) is 9.55 Å². The van der Waals surface area contributed by atoms with Crippen LogP contribution in [0, 0.1) is 0 Å². The van der Waals surface area contributed by atoms with E-state index in [1.807, 2.05) is 6.07 Å². The Hall–Kier alpha value is -3.20. The Bertz CT molecular complexity index is 1160. The van der Waals surface area contributed by atoms with Gasteiger partial charge >= 0.3 is 5.69 Å². The van der Waals surface area contributed by atoms with Crippen molar-refractivity contribution in [3.8, 4) is 11.5 Å². The highest BCUT2D eigenvalue weighted by Crippen LogP contribution is 2.34. The van der Waals surface area contributed by atoms with Crippen LogP contribution in [-0.4, -0.2) is 28.0 Å². The van der Waals surface area contributed by atoms with Crippen LogP contribution < -0.4 is 20.5 Å². The molecule has 1 aliphatic heterocycles. The van der Waals surface area contributed by atoms with E-state index in [1.54, 1.807) is 35.1 Å². The first-order valence-electron chi connectivity index (χ1n) is 9.64. The molecule has 2 aromatic heterocycles. The maximum Gasteiger partial charge on any atom is 0.349 e. The molecular formula is C21H19N3O5S. The molecular weight excluding hydrogens is 406 g/mol. The van der Waals surface area contributed by atoms with Gasteiger partial charge in [-0.05, 0) is 43.5 Å². The fraction of sp³-hybridized carbons (Fsp3) is 0.286. The van der Waals surface area contributed by atoms with E-state index in [4.69, 9.17) is 13.9 Å². The Morgan fingerprint density at radius 3 is 2.97 bits per heavy atom. The molecule has 8 nitrogen and oxygen atoms in total. The Morgan fingerprint density at radius 2 is 2.10 bits per heavy atom. The van der Waals surface area contributed by atoms with Crippen LogP contribution in [0.2, 0.25) is 0 Å². The number of hydrogen-bond donors (Lipinski definition) is 1. The molecule has 1 amide bonds. The Labute approximate surface area is 176 Å². The number of hydrogen-bond acceptors (Lipinski definition) is 7. The quantitative estimate of drug-likeness (QED) is 0.479. The van der Waals surface area contributed by atoms with Crippen LogP contribution in [0.3, 0.4) is 0 Å². The van der Waals surface area contributed by atoms with Gasteiger partial charge in [-0.3, -0.25) is 9.36 Å². The van der Waals surface area contributed by atoms with Gasteiger partial charge in [0.25, 0.3) is 0 Å². The van der Waals surface area contributed by atoms with E-state index < -0.39 is 0 Å². The Kier molecular flexibility index (Phi) is 4.96. The average molecular weight is 425 g/mol. The van der Waals surface area contributed by atoms with Gasteiger partial charge in [0.1, 0.15) is 10.8 Å². The lowest BCUT2D eigenvalue weighted by Gasteiger charge is -2.13. The van der Waals surface area contributed by atoms with Gasteiger partial charge in [-0.25, -0.2) is 4.79 Å². The maximum absolute atomic E-state index is 12.6. The lowest BCUT2D eigenvalue weighted by molar-refractivity contribution is -0.113. The molecule has 3 aromatic rings. The minimum absolute atomic E-state index is 0.162. The van der Waals surface area contributed by atoms with E-state index in [1.165, 1.54) is 11.8 Å². The van der Waals surface area contributed by atoms with Crippen molar-refractivity contribution in [3.05, 3.63) is 64.1 Å². The van der Waals surface area contributed by atoms with Crippen molar-refractivity contribution in [2.45, 2.75) is 30.8 Å². The van der Waals surface area contributed by atoms with Crippen molar-refractivity contribution in [2.75, 3.05) is 17.9 Å². The number of nitrogens with one attached hydrogen (secondary N) is 1. The smallest absolute Gasteiger partial charge is 0.349 e. The maximum atomic E-state index is 12.6. The van der Waals surface area contributed by atoms with E-state index in [9.17, 15) is 9.59 Å². The highest BCUT2D eigenvalue weighted by Gasteiger charge is 2.23. The van der Waals surface area contributed by atoms with E-state index >= 15 is 0 Å². The van der Waals surface area contributed by atoms with Crippen LogP contribution in [0.1, 0.15) is 23.4 Å². The van der Waals surface area contributed by atoms with Gasteiger partial charge in [-0.1, -0.05) is 11.8 Å². The van der Waals surface area contributed by atoms with Crippen molar-refractivity contribution < 1.29 is 18.7 Å². The standard InChI is InChI=1S/C21H19N3O5S/c25-19(22-13-6-7-17-18(9-13)29-12-28-17)11-30-20-15-4-1-5-16(15)24(21(26)23-20)10-14-3-2-8-27-14/h2-3,6-9H,1,4-5,10-12H2,(H,22,25). The summed E-state index contributed by atoms with van der Waals surface area (Å²) in [6.45, 7) is 0.557. The zero-order chi connectivity index (χ0) is 20.5. The van der Waals surface area contributed by atoms with Crippen molar-refractivity contribution >= 4 is 23.4 Å². The van der Waals surface area contributed by atoms with Crippen LogP contribution >= 0.6 is 11.8 Å². The molecule has 30 heavy (non-hydrogen) atoms. The van der Waals surface area contributed by atoms with Crippen molar-refractivity contribution in [2.24, 2.45) is 0 Å². The highest BCUT2D eigenvalue weighted by atomic mass is 32.2. The third-order valence-corrected chi connectivity index (χ3v) is 6.11. The first-order chi connectivity index (χ1) is 14.7. The summed E-state index contributed by atoms with van der Waals surface area (Å²) >= 11 is 1.29. The SMILES string of the molecule is O=C(CSc1nc(=O)n(Cc2ccco2)c2c1CCC2)Nc1ccc2c(c1)OCO2. The molecule has 154 valence electrons. The fourth-order valence-electron chi connectivity index (χ4n) is 3.73. The lowest BCUT2D eigenvalue weighted by atomic mass is 10.2. The summed E-state index contributed by atoms with van der Waals surface area (Å²) < 4.78 is 17.7. The number of thioether (sulfide) groups is 1. The van der Waals surface area contributed by atoms with Gasteiger partial charge < -0.3 is 19.2 Å². The Balaban J connectivity index is 1.29. The molecule has 0 fully saturated rings. The number of ether oxygens (including phenoxy) is 2. The number of rotatable bonds is 6. The molecule has 2 aliphatic rings. The van der Waals surface area contributed by atoms with Gasteiger partial charge in [0.2, 0.25) is 12.7 Å². The van der Waals surface area contributed by atoms with E-state index in [0.717, 1.165) is 36.3 Å². The molecule has 1 aliphatic carbocycles. The fourth-order valence-corrected chi connectivity index (χ4v) is 4.61. The third kappa shape index (κ3) is 3.68. The van der Waals surface area contributed by atoms with E-state index in [2.05, 4.69) is 10.3 Å². The van der Waals surface area contributed by atoms with Crippen LogP contribution in [-0.2, 0) is 24.2 Å². The summed E-state index contributed by atoms with van der Waals surface area (Å²) in [6, 6.07) is 8.91. The number of amides is 1. The number of benzene rings is 1. The van der Waals surface area contributed by atoms with Gasteiger partial charge in [0.05, 0.1) is 18.6 Å². The topological polar surface area (TPSA) is 95.6 Å². The predicted molar refractivity (Wildman–Crippen MR) is 110 cm³/mol. The average Bonchev–Trinajstić information content (AvgIpc) is 3.50.